The summed E-state index contributed by atoms with van der Waals surface area (Å²) in [6.45, 7) is 4.95. The Morgan fingerprint density at radius 2 is 0.701 bits per heavy atom. The van der Waals surface area contributed by atoms with E-state index in [0.717, 1.165) is 44.9 Å². The Labute approximate surface area is 418 Å². The summed E-state index contributed by atoms with van der Waals surface area (Å²) >= 11 is 0. The number of carbonyl (C=O) groups is 2. The standard InChI is InChI=1S/C61H117NO5/c1-3-5-7-9-11-13-15-17-18-24-28-31-35-39-43-47-51-55-61(66)67-56-52-48-44-40-36-32-29-26-23-21-19-20-22-25-27-30-34-38-42-46-50-54-60(65)62-58(57-63)59(64)53-49-45-41-37-33-16-14-12-10-8-6-4-2/h17-18,20,22,58-59,63-64H,3-16,19,21,23-57H2,1-2H3,(H,62,65)/b18-17-,22-20-. The second-order valence-electron chi connectivity index (χ2n) is 20.7. The fourth-order valence-electron chi connectivity index (χ4n) is 9.34. The van der Waals surface area contributed by atoms with E-state index >= 15 is 0 Å². The Morgan fingerprint density at radius 1 is 0.403 bits per heavy atom. The molecule has 0 aromatic heterocycles. The predicted octanol–water partition coefficient (Wildman–Crippen LogP) is 18.6. The van der Waals surface area contributed by atoms with Gasteiger partial charge < -0.3 is 20.3 Å². The second kappa shape index (κ2) is 56.9. The summed E-state index contributed by atoms with van der Waals surface area (Å²) in [5.74, 6) is -0.0375. The smallest absolute Gasteiger partial charge is 0.305 e. The third-order valence-corrected chi connectivity index (χ3v) is 14.0. The molecule has 0 saturated heterocycles. The van der Waals surface area contributed by atoms with E-state index in [0.29, 0.717) is 25.9 Å². The molecule has 2 unspecified atom stereocenters. The fraction of sp³-hybridized carbons (Fsp3) is 0.902. The number of ether oxygens (including phenoxy) is 1. The summed E-state index contributed by atoms with van der Waals surface area (Å²) in [5.41, 5.74) is 0. The van der Waals surface area contributed by atoms with Gasteiger partial charge in [0.2, 0.25) is 5.91 Å². The first-order valence-corrected chi connectivity index (χ1v) is 30.1. The maximum Gasteiger partial charge on any atom is 0.305 e. The zero-order valence-corrected chi connectivity index (χ0v) is 45.1. The fourth-order valence-corrected chi connectivity index (χ4v) is 9.34. The molecule has 0 rings (SSSR count). The lowest BCUT2D eigenvalue weighted by Crippen LogP contribution is -2.45. The van der Waals surface area contributed by atoms with Gasteiger partial charge in [0.15, 0.2) is 0 Å². The number of carbonyl (C=O) groups excluding carboxylic acids is 2. The number of esters is 1. The van der Waals surface area contributed by atoms with Crippen molar-refractivity contribution in [2.75, 3.05) is 13.2 Å². The quantitative estimate of drug-likeness (QED) is 0.0321. The van der Waals surface area contributed by atoms with Gasteiger partial charge in [0.05, 0.1) is 25.4 Å². The number of amides is 1. The predicted molar refractivity (Wildman–Crippen MR) is 292 cm³/mol. The van der Waals surface area contributed by atoms with Gasteiger partial charge in [-0.2, -0.15) is 0 Å². The zero-order valence-electron chi connectivity index (χ0n) is 45.1. The minimum atomic E-state index is -0.668. The van der Waals surface area contributed by atoms with E-state index in [-0.39, 0.29) is 18.5 Å². The number of aliphatic hydroxyl groups is 2. The van der Waals surface area contributed by atoms with Gasteiger partial charge in [-0.1, -0.05) is 263 Å². The largest absolute Gasteiger partial charge is 0.466 e. The summed E-state index contributed by atoms with van der Waals surface area (Å²) in [6.07, 6.45) is 68.9. The molecular weight excluding hydrogens is 827 g/mol. The molecular formula is C61H117NO5. The topological polar surface area (TPSA) is 95.9 Å². The molecule has 0 bridgehead atoms. The summed E-state index contributed by atoms with van der Waals surface area (Å²) in [4.78, 5) is 24.5. The third-order valence-electron chi connectivity index (χ3n) is 14.0. The molecule has 1 amide bonds. The van der Waals surface area contributed by atoms with Crippen LogP contribution in [-0.4, -0.2) is 47.4 Å². The van der Waals surface area contributed by atoms with Crippen LogP contribution >= 0.6 is 0 Å². The van der Waals surface area contributed by atoms with Crippen molar-refractivity contribution in [3.05, 3.63) is 24.3 Å². The van der Waals surface area contributed by atoms with Crippen LogP contribution in [0.15, 0.2) is 24.3 Å². The average molecular weight is 945 g/mol. The molecule has 6 heteroatoms. The van der Waals surface area contributed by atoms with Crippen molar-refractivity contribution in [3.8, 4) is 0 Å². The third kappa shape index (κ3) is 53.5. The lowest BCUT2D eigenvalue weighted by atomic mass is 10.0. The van der Waals surface area contributed by atoms with E-state index in [1.165, 1.54) is 250 Å². The normalized spacial score (nSPS) is 12.7. The molecule has 0 aliphatic carbocycles. The number of nitrogens with one attached hydrogen (secondary N) is 1. The van der Waals surface area contributed by atoms with Crippen LogP contribution in [0.3, 0.4) is 0 Å². The number of hydrogen-bond donors (Lipinski definition) is 3. The van der Waals surface area contributed by atoms with Gasteiger partial charge in [0.1, 0.15) is 0 Å². The van der Waals surface area contributed by atoms with Gasteiger partial charge in [-0.3, -0.25) is 9.59 Å². The van der Waals surface area contributed by atoms with Crippen molar-refractivity contribution in [3.63, 3.8) is 0 Å². The maximum atomic E-state index is 12.4. The van der Waals surface area contributed by atoms with E-state index in [2.05, 4.69) is 43.5 Å². The van der Waals surface area contributed by atoms with Gasteiger partial charge in [-0.05, 0) is 77.0 Å². The molecule has 0 heterocycles. The highest BCUT2D eigenvalue weighted by molar-refractivity contribution is 5.76. The minimum absolute atomic E-state index is 0.00510. The second-order valence-corrected chi connectivity index (χ2v) is 20.7. The first kappa shape index (κ1) is 65.3. The van der Waals surface area contributed by atoms with Crippen molar-refractivity contribution < 1.29 is 24.5 Å². The average Bonchev–Trinajstić information content (AvgIpc) is 3.33. The minimum Gasteiger partial charge on any atom is -0.466 e. The lowest BCUT2D eigenvalue weighted by molar-refractivity contribution is -0.143. The van der Waals surface area contributed by atoms with Crippen molar-refractivity contribution in [2.45, 2.75) is 341 Å². The molecule has 3 N–H and O–H groups in total. The summed E-state index contributed by atoms with van der Waals surface area (Å²) in [5, 5.41) is 23.2. The SMILES string of the molecule is CCCCCCCC/C=C\CCCCCCCCCC(=O)OCCCCCCCCCCCC/C=C\CCCCCCCCCC(=O)NC(CO)C(O)CCCCCCCCCCCCCC. The molecule has 2 atom stereocenters. The van der Waals surface area contributed by atoms with Crippen LogP contribution < -0.4 is 5.32 Å². The van der Waals surface area contributed by atoms with E-state index in [1.807, 2.05) is 0 Å². The lowest BCUT2D eigenvalue weighted by Gasteiger charge is -2.22. The first-order valence-electron chi connectivity index (χ1n) is 30.1. The van der Waals surface area contributed by atoms with Crippen LogP contribution in [-0.2, 0) is 14.3 Å². The highest BCUT2D eigenvalue weighted by Gasteiger charge is 2.20. The number of rotatable bonds is 56. The summed E-state index contributed by atoms with van der Waals surface area (Å²) in [7, 11) is 0. The van der Waals surface area contributed by atoms with E-state index in [4.69, 9.17) is 4.74 Å². The summed E-state index contributed by atoms with van der Waals surface area (Å²) in [6, 6.07) is -0.546. The number of unbranched alkanes of at least 4 members (excludes halogenated alkanes) is 41. The Balaban J connectivity index is 3.40. The monoisotopic (exact) mass is 944 g/mol. The molecule has 0 fully saturated rings. The molecule has 0 aliphatic heterocycles. The molecule has 67 heavy (non-hydrogen) atoms. The molecule has 0 radical (unpaired) electrons. The molecule has 396 valence electrons. The van der Waals surface area contributed by atoms with E-state index in [1.54, 1.807) is 0 Å². The van der Waals surface area contributed by atoms with Crippen LogP contribution in [0.2, 0.25) is 0 Å². The van der Waals surface area contributed by atoms with Gasteiger partial charge in [-0.15, -0.1) is 0 Å². The van der Waals surface area contributed by atoms with E-state index < -0.39 is 12.1 Å². The molecule has 0 saturated carbocycles. The first-order chi connectivity index (χ1) is 33.0. The van der Waals surface area contributed by atoms with Crippen molar-refractivity contribution in [1.82, 2.24) is 5.32 Å². The molecule has 0 spiro atoms. The van der Waals surface area contributed by atoms with E-state index in [9.17, 15) is 19.8 Å². The van der Waals surface area contributed by atoms with Crippen LogP contribution in [0.1, 0.15) is 328 Å². The zero-order chi connectivity index (χ0) is 48.6. The Bertz CT molecular complexity index is 1040. The Morgan fingerprint density at radius 3 is 1.06 bits per heavy atom. The van der Waals surface area contributed by atoms with Crippen molar-refractivity contribution >= 4 is 11.9 Å². The highest BCUT2D eigenvalue weighted by Crippen LogP contribution is 2.17. The maximum absolute atomic E-state index is 12.4. The van der Waals surface area contributed by atoms with Crippen LogP contribution in [0.4, 0.5) is 0 Å². The number of allylic oxidation sites excluding steroid dienone is 4. The van der Waals surface area contributed by atoms with Gasteiger partial charge in [-0.25, -0.2) is 0 Å². The van der Waals surface area contributed by atoms with Crippen LogP contribution in [0.25, 0.3) is 0 Å². The Hall–Kier alpha value is -1.66. The van der Waals surface area contributed by atoms with Crippen molar-refractivity contribution in [2.24, 2.45) is 0 Å². The van der Waals surface area contributed by atoms with Crippen LogP contribution in [0.5, 0.6) is 0 Å². The molecule has 0 aliphatic rings. The molecule has 0 aromatic rings. The number of hydrogen-bond acceptors (Lipinski definition) is 5. The molecule has 6 nitrogen and oxygen atoms in total. The number of aliphatic hydroxyl groups excluding tert-OH is 2. The van der Waals surface area contributed by atoms with Crippen molar-refractivity contribution in [1.29, 1.82) is 0 Å². The van der Waals surface area contributed by atoms with Gasteiger partial charge in [0.25, 0.3) is 0 Å². The highest BCUT2D eigenvalue weighted by atomic mass is 16.5. The van der Waals surface area contributed by atoms with Crippen LogP contribution in [0, 0.1) is 0 Å². The Kier molecular flexibility index (Phi) is 55.5. The van der Waals surface area contributed by atoms with Gasteiger partial charge in [0, 0.05) is 12.8 Å². The summed E-state index contributed by atoms with van der Waals surface area (Å²) < 4.78 is 5.49. The molecule has 0 aromatic carbocycles. The van der Waals surface area contributed by atoms with Gasteiger partial charge >= 0.3 is 5.97 Å².